The number of para-hydroxylation sites is 1. The Bertz CT molecular complexity index is 1060. The van der Waals surface area contributed by atoms with Crippen molar-refractivity contribution >= 4 is 23.5 Å². The highest BCUT2D eigenvalue weighted by atomic mass is 35.5. The van der Waals surface area contributed by atoms with Crippen LogP contribution in [0.25, 0.3) is 16.9 Å². The fourth-order valence-corrected chi connectivity index (χ4v) is 2.85. The van der Waals surface area contributed by atoms with E-state index in [9.17, 15) is 0 Å². The number of pyridine rings is 1. The zero-order valence-corrected chi connectivity index (χ0v) is 15.1. The van der Waals surface area contributed by atoms with E-state index in [-0.39, 0.29) is 0 Å². The van der Waals surface area contributed by atoms with Gasteiger partial charge in [0.2, 0.25) is 0 Å². The number of hydrogen-bond donors (Lipinski definition) is 1. The highest BCUT2D eigenvalue weighted by Crippen LogP contribution is 2.22. The van der Waals surface area contributed by atoms with Crippen LogP contribution in [0.3, 0.4) is 0 Å². The Labute approximate surface area is 162 Å². The fourth-order valence-electron chi connectivity index (χ4n) is 2.66. The zero-order valence-electron chi connectivity index (χ0n) is 14.3. The molecule has 0 aliphatic heterocycles. The topological polar surface area (TPSA) is 55.1 Å². The van der Waals surface area contributed by atoms with E-state index >= 15 is 0 Å². The first-order chi connectivity index (χ1) is 13.3. The molecule has 0 saturated carbocycles. The van der Waals surface area contributed by atoms with E-state index in [1.54, 1.807) is 18.6 Å². The van der Waals surface area contributed by atoms with Gasteiger partial charge in [-0.15, -0.1) is 0 Å². The molecule has 5 nitrogen and oxygen atoms in total. The van der Waals surface area contributed by atoms with Crippen molar-refractivity contribution in [3.8, 4) is 16.9 Å². The standard InChI is InChI=1S/C21H16ClN5/c22-18-5-4-6-19(13-18)25-24-14-17-15-27(20-7-2-1-3-8-20)26-21(17)16-9-11-23-12-10-16/h1-15,25H/b24-14-. The van der Waals surface area contributed by atoms with Crippen LogP contribution in [0, 0.1) is 0 Å². The first-order valence-electron chi connectivity index (χ1n) is 8.40. The summed E-state index contributed by atoms with van der Waals surface area (Å²) in [5.41, 5.74) is 7.49. The monoisotopic (exact) mass is 373 g/mol. The zero-order chi connectivity index (χ0) is 18.5. The first kappa shape index (κ1) is 17.0. The molecule has 132 valence electrons. The quantitative estimate of drug-likeness (QED) is 0.394. The van der Waals surface area contributed by atoms with Gasteiger partial charge in [-0.3, -0.25) is 10.4 Å². The Kier molecular flexibility index (Phi) is 4.94. The molecule has 6 heteroatoms. The Morgan fingerprint density at radius 2 is 1.78 bits per heavy atom. The summed E-state index contributed by atoms with van der Waals surface area (Å²) in [7, 11) is 0. The van der Waals surface area contributed by atoms with Crippen molar-refractivity contribution < 1.29 is 0 Å². The lowest BCUT2D eigenvalue weighted by atomic mass is 10.1. The van der Waals surface area contributed by atoms with Crippen LogP contribution in [0.2, 0.25) is 5.02 Å². The van der Waals surface area contributed by atoms with Crippen LogP contribution in [0.5, 0.6) is 0 Å². The number of nitrogens with one attached hydrogen (secondary N) is 1. The van der Waals surface area contributed by atoms with Gasteiger partial charge in [-0.2, -0.15) is 10.2 Å². The van der Waals surface area contributed by atoms with Crippen molar-refractivity contribution in [2.24, 2.45) is 5.10 Å². The molecular weight excluding hydrogens is 358 g/mol. The number of hydrogen-bond acceptors (Lipinski definition) is 4. The van der Waals surface area contributed by atoms with Gasteiger partial charge >= 0.3 is 0 Å². The van der Waals surface area contributed by atoms with Crippen LogP contribution in [0.1, 0.15) is 5.56 Å². The summed E-state index contributed by atoms with van der Waals surface area (Å²) >= 11 is 6.01. The third kappa shape index (κ3) is 4.04. The van der Waals surface area contributed by atoms with Gasteiger partial charge < -0.3 is 0 Å². The van der Waals surface area contributed by atoms with Gasteiger partial charge in [0.25, 0.3) is 0 Å². The predicted molar refractivity (Wildman–Crippen MR) is 109 cm³/mol. The lowest BCUT2D eigenvalue weighted by molar-refractivity contribution is 0.884. The van der Waals surface area contributed by atoms with E-state index < -0.39 is 0 Å². The minimum atomic E-state index is 0.657. The number of benzene rings is 2. The van der Waals surface area contributed by atoms with Gasteiger partial charge in [-0.25, -0.2) is 4.68 Å². The molecule has 0 amide bonds. The third-order valence-electron chi connectivity index (χ3n) is 3.94. The number of hydrazone groups is 1. The number of rotatable bonds is 5. The lowest BCUT2D eigenvalue weighted by Crippen LogP contribution is -1.93. The second-order valence-electron chi connectivity index (χ2n) is 5.83. The minimum absolute atomic E-state index is 0.657. The van der Waals surface area contributed by atoms with Crippen LogP contribution in [-0.2, 0) is 0 Å². The van der Waals surface area contributed by atoms with E-state index in [1.807, 2.05) is 77.6 Å². The van der Waals surface area contributed by atoms with Gasteiger partial charge in [-0.05, 0) is 42.5 Å². The molecule has 27 heavy (non-hydrogen) atoms. The molecular formula is C21H16ClN5. The number of halogens is 1. The summed E-state index contributed by atoms with van der Waals surface area (Å²) in [6.07, 6.45) is 7.21. The van der Waals surface area contributed by atoms with E-state index in [2.05, 4.69) is 15.5 Å². The molecule has 0 bridgehead atoms. The molecule has 0 fully saturated rings. The average Bonchev–Trinajstić information content (AvgIpc) is 3.14. The van der Waals surface area contributed by atoms with Gasteiger partial charge in [0, 0.05) is 34.7 Å². The van der Waals surface area contributed by atoms with E-state index in [1.165, 1.54) is 0 Å². The Balaban J connectivity index is 1.68. The van der Waals surface area contributed by atoms with Crippen LogP contribution in [0.4, 0.5) is 5.69 Å². The minimum Gasteiger partial charge on any atom is -0.278 e. The Hall–Kier alpha value is -3.44. The average molecular weight is 374 g/mol. The van der Waals surface area contributed by atoms with Gasteiger partial charge in [0.15, 0.2) is 0 Å². The molecule has 0 atom stereocenters. The second kappa shape index (κ2) is 7.85. The van der Waals surface area contributed by atoms with Crippen molar-refractivity contribution in [1.82, 2.24) is 14.8 Å². The first-order valence-corrected chi connectivity index (χ1v) is 8.77. The van der Waals surface area contributed by atoms with E-state index in [0.29, 0.717) is 5.02 Å². The summed E-state index contributed by atoms with van der Waals surface area (Å²) < 4.78 is 1.84. The second-order valence-corrected chi connectivity index (χ2v) is 6.27. The molecule has 0 saturated heterocycles. The number of nitrogens with zero attached hydrogens (tertiary/aromatic N) is 4. The molecule has 4 rings (SSSR count). The maximum absolute atomic E-state index is 6.01. The van der Waals surface area contributed by atoms with Crippen LogP contribution in [-0.4, -0.2) is 21.0 Å². The number of aromatic nitrogens is 3. The lowest BCUT2D eigenvalue weighted by Gasteiger charge is -2.00. The van der Waals surface area contributed by atoms with Gasteiger partial charge in [0.1, 0.15) is 5.69 Å². The summed E-state index contributed by atoms with van der Waals surface area (Å²) in [5.74, 6) is 0. The van der Waals surface area contributed by atoms with Gasteiger partial charge in [0.05, 0.1) is 17.6 Å². The highest BCUT2D eigenvalue weighted by molar-refractivity contribution is 6.30. The van der Waals surface area contributed by atoms with Crippen molar-refractivity contribution in [2.45, 2.75) is 0 Å². The summed E-state index contributed by atoms with van der Waals surface area (Å²) in [5, 5.41) is 9.74. The molecule has 1 N–H and O–H groups in total. The highest BCUT2D eigenvalue weighted by Gasteiger charge is 2.10. The SMILES string of the molecule is Clc1cccc(N/N=C\c2cn(-c3ccccc3)nc2-c2ccncc2)c1. The third-order valence-corrected chi connectivity index (χ3v) is 4.17. The Morgan fingerprint density at radius 1 is 0.963 bits per heavy atom. The summed E-state index contributed by atoms with van der Waals surface area (Å²) in [6.45, 7) is 0. The van der Waals surface area contributed by atoms with Crippen molar-refractivity contribution in [2.75, 3.05) is 5.43 Å². The molecule has 2 aromatic heterocycles. The van der Waals surface area contributed by atoms with Crippen molar-refractivity contribution in [3.05, 3.63) is 95.9 Å². The van der Waals surface area contributed by atoms with E-state index in [4.69, 9.17) is 16.7 Å². The molecule has 0 aliphatic rings. The molecule has 0 aliphatic carbocycles. The smallest absolute Gasteiger partial charge is 0.102 e. The van der Waals surface area contributed by atoms with Crippen LogP contribution in [0.15, 0.2) is 90.4 Å². The van der Waals surface area contributed by atoms with E-state index in [0.717, 1.165) is 28.2 Å². The number of anilines is 1. The molecule has 2 aromatic carbocycles. The van der Waals surface area contributed by atoms with Crippen LogP contribution >= 0.6 is 11.6 Å². The predicted octanol–water partition coefficient (Wildman–Crippen LogP) is 5.03. The molecule has 4 aromatic rings. The van der Waals surface area contributed by atoms with Crippen molar-refractivity contribution in [3.63, 3.8) is 0 Å². The maximum Gasteiger partial charge on any atom is 0.102 e. The molecule has 0 unspecified atom stereocenters. The molecule has 0 spiro atoms. The van der Waals surface area contributed by atoms with Gasteiger partial charge in [-0.1, -0.05) is 35.9 Å². The molecule has 2 heterocycles. The molecule has 0 radical (unpaired) electrons. The van der Waals surface area contributed by atoms with Crippen LogP contribution < -0.4 is 5.43 Å². The summed E-state index contributed by atoms with van der Waals surface area (Å²) in [6, 6.07) is 21.2. The van der Waals surface area contributed by atoms with Crippen molar-refractivity contribution in [1.29, 1.82) is 0 Å². The normalized spacial score (nSPS) is 11.0. The largest absolute Gasteiger partial charge is 0.278 e. The summed E-state index contributed by atoms with van der Waals surface area (Å²) in [4.78, 5) is 4.08. The fraction of sp³-hybridized carbons (Fsp3) is 0. The maximum atomic E-state index is 6.01. The Morgan fingerprint density at radius 3 is 2.56 bits per heavy atom.